The van der Waals surface area contributed by atoms with Gasteiger partial charge in [-0.05, 0) is 30.4 Å². The van der Waals surface area contributed by atoms with Crippen LogP contribution in [0.2, 0.25) is 0 Å². The molecule has 1 fully saturated rings. The summed E-state index contributed by atoms with van der Waals surface area (Å²) in [6, 6.07) is 3.18. The molecule has 0 bridgehead atoms. The quantitative estimate of drug-likeness (QED) is 0.760. The molecular weight excluding hydrogens is 325 g/mol. The van der Waals surface area contributed by atoms with Gasteiger partial charge in [0.1, 0.15) is 0 Å². The minimum atomic E-state index is -0.135. The average molecular weight is 350 g/mol. The van der Waals surface area contributed by atoms with Crippen molar-refractivity contribution in [1.82, 2.24) is 10.3 Å². The molecule has 1 amide bonds. The van der Waals surface area contributed by atoms with E-state index in [9.17, 15) is 9.59 Å². The van der Waals surface area contributed by atoms with Gasteiger partial charge in [0.05, 0.1) is 0 Å². The van der Waals surface area contributed by atoms with Gasteiger partial charge in [0.15, 0.2) is 0 Å². The van der Waals surface area contributed by atoms with Crippen LogP contribution >= 0.6 is 24.8 Å². The molecule has 0 unspecified atom stereocenters. The van der Waals surface area contributed by atoms with Crippen molar-refractivity contribution in [3.8, 4) is 0 Å². The first-order valence-corrected chi connectivity index (χ1v) is 7.28. The van der Waals surface area contributed by atoms with E-state index >= 15 is 0 Å². The maximum Gasteiger partial charge on any atom is 0.247 e. The summed E-state index contributed by atoms with van der Waals surface area (Å²) >= 11 is 0. The smallest absolute Gasteiger partial charge is 0.247 e. The van der Waals surface area contributed by atoms with E-state index in [1.165, 1.54) is 25.3 Å². The second-order valence-electron chi connectivity index (χ2n) is 5.78. The zero-order valence-electron chi connectivity index (χ0n) is 12.6. The maximum atomic E-state index is 12.1. The summed E-state index contributed by atoms with van der Waals surface area (Å²) in [5.74, 6) is 0.0450. The summed E-state index contributed by atoms with van der Waals surface area (Å²) in [5.41, 5.74) is 6.64. The van der Waals surface area contributed by atoms with Gasteiger partial charge in [-0.25, -0.2) is 0 Å². The summed E-state index contributed by atoms with van der Waals surface area (Å²) < 4.78 is 0. The second-order valence-corrected chi connectivity index (χ2v) is 5.78. The molecule has 4 N–H and O–H groups in total. The van der Waals surface area contributed by atoms with Crippen LogP contribution in [0.15, 0.2) is 23.1 Å². The first kappa shape index (κ1) is 21.0. The number of rotatable bonds is 5. The predicted octanol–water partition coefficient (Wildman–Crippen LogP) is 2.13. The first-order chi connectivity index (χ1) is 9.63. The fourth-order valence-corrected chi connectivity index (χ4v) is 2.91. The van der Waals surface area contributed by atoms with Crippen molar-refractivity contribution in [2.75, 3.05) is 6.54 Å². The lowest BCUT2D eigenvalue weighted by Gasteiger charge is -2.35. The third-order valence-corrected chi connectivity index (χ3v) is 4.22. The fraction of sp³-hybridized carbons (Fsp3) is 0.600. The van der Waals surface area contributed by atoms with Crippen molar-refractivity contribution in [2.45, 2.75) is 45.1 Å². The van der Waals surface area contributed by atoms with Crippen LogP contribution in [0, 0.1) is 5.41 Å². The normalized spacial score (nSPS) is 16.0. The summed E-state index contributed by atoms with van der Waals surface area (Å²) in [5, 5.41) is 2.91. The number of aromatic nitrogens is 1. The van der Waals surface area contributed by atoms with Gasteiger partial charge < -0.3 is 16.0 Å². The molecule has 1 aromatic rings. The summed E-state index contributed by atoms with van der Waals surface area (Å²) in [6.45, 7) is 1.02. The summed E-state index contributed by atoms with van der Waals surface area (Å²) in [7, 11) is 0. The van der Waals surface area contributed by atoms with Crippen molar-refractivity contribution >= 4 is 30.7 Å². The van der Waals surface area contributed by atoms with Gasteiger partial charge in [-0.3, -0.25) is 9.59 Å². The Morgan fingerprint density at radius 3 is 2.45 bits per heavy atom. The molecule has 126 valence electrons. The molecule has 1 saturated carbocycles. The molecule has 1 heterocycles. The van der Waals surface area contributed by atoms with E-state index in [-0.39, 0.29) is 41.7 Å². The minimum absolute atomic E-state index is 0. The second kappa shape index (κ2) is 9.87. The molecule has 1 aliphatic carbocycles. The van der Waals surface area contributed by atoms with Gasteiger partial charge in [-0.1, -0.05) is 25.3 Å². The zero-order chi connectivity index (χ0) is 14.4. The van der Waals surface area contributed by atoms with Crippen molar-refractivity contribution < 1.29 is 4.79 Å². The van der Waals surface area contributed by atoms with E-state index < -0.39 is 0 Å². The Kier molecular flexibility index (Phi) is 9.41. The van der Waals surface area contributed by atoms with Crippen LogP contribution in [-0.4, -0.2) is 17.4 Å². The number of amides is 1. The number of hydrogen-bond donors (Lipinski definition) is 3. The number of halogens is 2. The number of hydrogen-bond acceptors (Lipinski definition) is 3. The predicted molar refractivity (Wildman–Crippen MR) is 92.6 cm³/mol. The van der Waals surface area contributed by atoms with Gasteiger partial charge >= 0.3 is 0 Å². The summed E-state index contributed by atoms with van der Waals surface area (Å²) in [6.07, 6.45) is 7.83. The van der Waals surface area contributed by atoms with Crippen molar-refractivity contribution in [2.24, 2.45) is 11.1 Å². The average Bonchev–Trinajstić information content (AvgIpc) is 2.47. The summed E-state index contributed by atoms with van der Waals surface area (Å²) in [4.78, 5) is 25.6. The van der Waals surface area contributed by atoms with E-state index in [4.69, 9.17) is 5.73 Å². The molecule has 0 saturated heterocycles. The van der Waals surface area contributed by atoms with Crippen LogP contribution in [-0.2, 0) is 11.3 Å². The maximum absolute atomic E-state index is 12.1. The molecule has 1 aliphatic rings. The Hall–Kier alpha value is -1.04. The number of H-pyrrole nitrogens is 1. The van der Waals surface area contributed by atoms with Crippen LogP contribution < -0.4 is 16.6 Å². The Bertz CT molecular complexity index is 493. The van der Waals surface area contributed by atoms with E-state index in [2.05, 4.69) is 10.3 Å². The van der Waals surface area contributed by atoms with E-state index in [0.29, 0.717) is 19.5 Å². The zero-order valence-corrected chi connectivity index (χ0v) is 14.2. The Balaban J connectivity index is 0.00000220. The molecule has 0 aliphatic heterocycles. The highest BCUT2D eigenvalue weighted by atomic mass is 35.5. The van der Waals surface area contributed by atoms with Gasteiger partial charge in [0, 0.05) is 25.2 Å². The third kappa shape index (κ3) is 5.99. The third-order valence-electron chi connectivity index (χ3n) is 4.22. The molecule has 2 rings (SSSR count). The molecule has 5 nitrogen and oxygen atoms in total. The minimum Gasteiger partial charge on any atom is -0.352 e. The lowest BCUT2D eigenvalue weighted by atomic mass is 9.71. The van der Waals surface area contributed by atoms with Gasteiger partial charge in [0.25, 0.3) is 0 Å². The van der Waals surface area contributed by atoms with Crippen molar-refractivity contribution in [3.63, 3.8) is 0 Å². The number of carbonyl (C=O) groups excluding carboxylic acids is 1. The van der Waals surface area contributed by atoms with Crippen LogP contribution in [0.4, 0.5) is 0 Å². The van der Waals surface area contributed by atoms with Gasteiger partial charge in [-0.2, -0.15) is 0 Å². The van der Waals surface area contributed by atoms with E-state index in [0.717, 1.165) is 18.4 Å². The van der Waals surface area contributed by atoms with Crippen molar-refractivity contribution in [3.05, 3.63) is 34.2 Å². The molecule has 0 spiro atoms. The molecule has 22 heavy (non-hydrogen) atoms. The number of nitrogens with two attached hydrogens (primary N) is 1. The topological polar surface area (TPSA) is 88.0 Å². The standard InChI is InChI=1S/C15H23N3O2.2ClH/c16-11-15(6-2-1-3-7-15)8-14(20)18-10-12-4-5-13(19)17-9-12;;/h4-5,9H,1-3,6-8,10-11,16H2,(H,17,19)(H,18,20);2*1H. The van der Waals surface area contributed by atoms with Gasteiger partial charge in [0.2, 0.25) is 11.5 Å². The fourth-order valence-electron chi connectivity index (χ4n) is 2.91. The lowest BCUT2D eigenvalue weighted by molar-refractivity contribution is -0.124. The Labute approximate surface area is 143 Å². The molecule has 7 heteroatoms. The van der Waals surface area contributed by atoms with Crippen LogP contribution in [0.25, 0.3) is 0 Å². The van der Waals surface area contributed by atoms with Crippen LogP contribution in [0.3, 0.4) is 0 Å². The molecule has 0 radical (unpaired) electrons. The van der Waals surface area contributed by atoms with Crippen molar-refractivity contribution in [1.29, 1.82) is 0 Å². The number of aromatic amines is 1. The first-order valence-electron chi connectivity index (χ1n) is 7.28. The molecule has 0 atom stereocenters. The number of carbonyl (C=O) groups is 1. The Morgan fingerprint density at radius 2 is 1.91 bits per heavy atom. The molecule has 0 aromatic carbocycles. The van der Waals surface area contributed by atoms with E-state index in [1.807, 2.05) is 0 Å². The number of pyridine rings is 1. The largest absolute Gasteiger partial charge is 0.352 e. The molecule has 1 aromatic heterocycles. The SMILES string of the molecule is Cl.Cl.NCC1(CC(=O)NCc2ccc(=O)[nH]c2)CCCCC1. The monoisotopic (exact) mass is 349 g/mol. The Morgan fingerprint density at radius 1 is 1.23 bits per heavy atom. The highest BCUT2D eigenvalue weighted by Gasteiger charge is 2.32. The van der Waals surface area contributed by atoms with Crippen LogP contribution in [0.5, 0.6) is 0 Å². The highest BCUT2D eigenvalue weighted by molar-refractivity contribution is 5.85. The number of nitrogens with one attached hydrogen (secondary N) is 2. The van der Waals surface area contributed by atoms with Crippen LogP contribution in [0.1, 0.15) is 44.1 Å². The van der Waals surface area contributed by atoms with E-state index in [1.54, 1.807) is 12.3 Å². The van der Waals surface area contributed by atoms with Gasteiger partial charge in [-0.15, -0.1) is 24.8 Å². The highest BCUT2D eigenvalue weighted by Crippen LogP contribution is 2.38. The lowest BCUT2D eigenvalue weighted by Crippen LogP contribution is -2.38. The molecular formula is C15H25Cl2N3O2.